The van der Waals surface area contributed by atoms with Gasteiger partial charge in [0.2, 0.25) is 0 Å². The van der Waals surface area contributed by atoms with Crippen molar-refractivity contribution in [1.82, 2.24) is 20.3 Å². The molecule has 1 heterocycles. The van der Waals surface area contributed by atoms with E-state index in [4.69, 9.17) is 0 Å². The topological polar surface area (TPSA) is 76.9 Å². The van der Waals surface area contributed by atoms with Crippen LogP contribution in [0.4, 0.5) is 8.78 Å². The van der Waals surface area contributed by atoms with Crippen molar-refractivity contribution in [3.63, 3.8) is 0 Å². The van der Waals surface area contributed by atoms with Crippen LogP contribution in [0.3, 0.4) is 0 Å². The van der Waals surface area contributed by atoms with Crippen molar-refractivity contribution in [2.45, 2.75) is 31.3 Å². The number of hydrogen-bond acceptors (Lipinski definition) is 4. The first kappa shape index (κ1) is 18.6. The summed E-state index contributed by atoms with van der Waals surface area (Å²) >= 11 is 0. The Morgan fingerprint density at radius 2 is 2.00 bits per heavy atom. The lowest BCUT2D eigenvalue weighted by atomic mass is 9.99. The Hall–Kier alpha value is -3.42. The molecule has 1 N–H and O–H groups in total. The summed E-state index contributed by atoms with van der Waals surface area (Å²) in [6, 6.07) is 11.0. The number of nitrogens with zero attached hydrogens (tertiary/aromatic N) is 3. The van der Waals surface area contributed by atoms with E-state index in [1.165, 1.54) is 12.3 Å². The van der Waals surface area contributed by atoms with Crippen molar-refractivity contribution in [3.8, 4) is 0 Å². The van der Waals surface area contributed by atoms with E-state index in [9.17, 15) is 18.4 Å². The fourth-order valence-electron chi connectivity index (χ4n) is 4.26. The van der Waals surface area contributed by atoms with Crippen LogP contribution in [0.1, 0.15) is 39.5 Å². The molecule has 0 aliphatic heterocycles. The first-order chi connectivity index (χ1) is 14.5. The molecule has 30 heavy (non-hydrogen) atoms. The maximum atomic E-state index is 14.2. The molecule has 1 saturated carbocycles. The Kier molecular flexibility index (Phi) is 4.42. The summed E-state index contributed by atoms with van der Waals surface area (Å²) in [5, 5.41) is 10.6. The zero-order chi connectivity index (χ0) is 20.8. The van der Waals surface area contributed by atoms with Crippen LogP contribution in [0.25, 0.3) is 0 Å². The second-order valence-corrected chi connectivity index (χ2v) is 7.84. The molecule has 152 valence electrons. The number of halogens is 2. The third kappa shape index (κ3) is 3.38. The smallest absolute Gasteiger partial charge is 0.274 e. The van der Waals surface area contributed by atoms with E-state index in [1.807, 2.05) is 30.3 Å². The molecule has 2 aliphatic carbocycles. The van der Waals surface area contributed by atoms with Gasteiger partial charge in [-0.2, -0.15) is 0 Å². The molecule has 2 aliphatic rings. The van der Waals surface area contributed by atoms with Gasteiger partial charge in [0.25, 0.3) is 5.91 Å². The molecular formula is C22H18F2N4O2. The van der Waals surface area contributed by atoms with E-state index in [1.54, 1.807) is 4.68 Å². The molecule has 1 aromatic heterocycles. The third-order valence-electron chi connectivity index (χ3n) is 5.81. The monoisotopic (exact) mass is 408 g/mol. The summed E-state index contributed by atoms with van der Waals surface area (Å²) in [6.07, 6.45) is 1.96. The van der Waals surface area contributed by atoms with Gasteiger partial charge in [0, 0.05) is 12.5 Å². The Labute approximate surface area is 170 Å². The SMILES string of the molecule is O=C(N[C@@H]1C(=O)Cc2c(F)cc(F)cc2[C@@H]2C[C@H]12)c1cn(Cc2ccccc2)nn1. The first-order valence-electron chi connectivity index (χ1n) is 9.75. The number of carbonyl (C=O) groups excluding carboxylic acids is 2. The molecular weight excluding hydrogens is 390 g/mol. The van der Waals surface area contributed by atoms with E-state index < -0.39 is 23.6 Å². The van der Waals surface area contributed by atoms with Crippen molar-refractivity contribution in [2.75, 3.05) is 0 Å². The van der Waals surface area contributed by atoms with E-state index in [0.29, 0.717) is 18.5 Å². The predicted octanol–water partition coefficient (Wildman–Crippen LogP) is 2.63. The summed E-state index contributed by atoms with van der Waals surface area (Å²) < 4.78 is 29.4. The van der Waals surface area contributed by atoms with Crippen molar-refractivity contribution in [2.24, 2.45) is 5.92 Å². The van der Waals surface area contributed by atoms with Crippen molar-refractivity contribution in [3.05, 3.63) is 82.7 Å². The molecule has 6 nitrogen and oxygen atoms in total. The summed E-state index contributed by atoms with van der Waals surface area (Å²) in [7, 11) is 0. The summed E-state index contributed by atoms with van der Waals surface area (Å²) in [4.78, 5) is 25.4. The quantitative estimate of drug-likeness (QED) is 0.720. The lowest BCUT2D eigenvalue weighted by Gasteiger charge is -2.15. The third-order valence-corrected chi connectivity index (χ3v) is 5.81. The van der Waals surface area contributed by atoms with Crippen molar-refractivity contribution < 1.29 is 18.4 Å². The van der Waals surface area contributed by atoms with Gasteiger partial charge in [0.1, 0.15) is 11.6 Å². The number of rotatable bonds is 4. The molecule has 0 spiro atoms. The van der Waals surface area contributed by atoms with Gasteiger partial charge in [-0.05, 0) is 41.0 Å². The highest BCUT2D eigenvalue weighted by Crippen LogP contribution is 2.53. The van der Waals surface area contributed by atoms with Gasteiger partial charge in [-0.3, -0.25) is 9.59 Å². The standard InChI is InChI=1S/C22H18F2N4O2/c23-13-6-14-15-8-17(15)21(20(29)9-16(14)18(24)7-13)25-22(30)19-11-28(27-26-19)10-12-4-2-1-3-5-12/h1-7,11,15,17,21H,8-10H2,(H,25,30)/t15-,17-,21-/m0/s1. The molecule has 0 bridgehead atoms. The number of benzene rings is 2. The molecule has 1 fully saturated rings. The number of amides is 1. The fourth-order valence-corrected chi connectivity index (χ4v) is 4.26. The Morgan fingerprint density at radius 1 is 1.20 bits per heavy atom. The maximum absolute atomic E-state index is 14.2. The number of carbonyl (C=O) groups is 2. The zero-order valence-corrected chi connectivity index (χ0v) is 15.9. The van der Waals surface area contributed by atoms with Crippen LogP contribution in [-0.2, 0) is 17.8 Å². The highest BCUT2D eigenvalue weighted by molar-refractivity contribution is 5.97. The van der Waals surface area contributed by atoms with Crippen LogP contribution in [0.5, 0.6) is 0 Å². The molecule has 0 unspecified atom stereocenters. The molecule has 3 atom stereocenters. The summed E-state index contributed by atoms with van der Waals surface area (Å²) in [6.45, 7) is 0.467. The Balaban J connectivity index is 1.32. The molecule has 2 aromatic carbocycles. The lowest BCUT2D eigenvalue weighted by molar-refractivity contribution is -0.120. The van der Waals surface area contributed by atoms with Gasteiger partial charge >= 0.3 is 0 Å². The van der Waals surface area contributed by atoms with Crippen LogP contribution in [0, 0.1) is 17.6 Å². The van der Waals surface area contributed by atoms with Crippen LogP contribution in [0.15, 0.2) is 48.7 Å². The number of hydrogen-bond donors (Lipinski definition) is 1. The van der Waals surface area contributed by atoms with E-state index in [2.05, 4.69) is 15.6 Å². The molecule has 5 rings (SSSR count). The minimum Gasteiger partial charge on any atom is -0.340 e. The number of fused-ring (bicyclic) bond motifs is 3. The van der Waals surface area contributed by atoms with E-state index in [-0.39, 0.29) is 35.3 Å². The molecule has 0 radical (unpaired) electrons. The minimum atomic E-state index is -0.753. The first-order valence-corrected chi connectivity index (χ1v) is 9.75. The second kappa shape index (κ2) is 7.12. The predicted molar refractivity (Wildman–Crippen MR) is 103 cm³/mol. The number of nitrogens with one attached hydrogen (secondary N) is 1. The lowest BCUT2D eigenvalue weighted by Crippen LogP contribution is -2.43. The van der Waals surface area contributed by atoms with Gasteiger partial charge in [-0.15, -0.1) is 5.10 Å². The van der Waals surface area contributed by atoms with Crippen LogP contribution in [-0.4, -0.2) is 32.7 Å². The van der Waals surface area contributed by atoms with Gasteiger partial charge in [0.05, 0.1) is 18.8 Å². The largest absolute Gasteiger partial charge is 0.340 e. The molecule has 1 amide bonds. The normalized spacial score (nSPS) is 22.1. The number of aromatic nitrogens is 3. The van der Waals surface area contributed by atoms with Gasteiger partial charge in [0.15, 0.2) is 11.5 Å². The van der Waals surface area contributed by atoms with Crippen LogP contribution < -0.4 is 5.32 Å². The zero-order valence-electron chi connectivity index (χ0n) is 15.9. The average molecular weight is 408 g/mol. The van der Waals surface area contributed by atoms with E-state index in [0.717, 1.165) is 11.6 Å². The summed E-state index contributed by atoms with van der Waals surface area (Å²) in [5.74, 6) is -2.44. The van der Waals surface area contributed by atoms with E-state index >= 15 is 0 Å². The molecule has 3 aromatic rings. The minimum absolute atomic E-state index is 0.106. The van der Waals surface area contributed by atoms with Gasteiger partial charge in [-0.1, -0.05) is 35.5 Å². The molecule has 0 saturated heterocycles. The van der Waals surface area contributed by atoms with Crippen molar-refractivity contribution in [1.29, 1.82) is 0 Å². The second-order valence-electron chi connectivity index (χ2n) is 7.84. The van der Waals surface area contributed by atoms with Gasteiger partial charge in [-0.25, -0.2) is 13.5 Å². The Morgan fingerprint density at radius 3 is 2.80 bits per heavy atom. The average Bonchev–Trinajstić information content (AvgIpc) is 3.39. The Bertz CT molecular complexity index is 1150. The highest BCUT2D eigenvalue weighted by Gasteiger charge is 2.51. The summed E-state index contributed by atoms with van der Waals surface area (Å²) in [5.41, 5.74) is 1.90. The van der Waals surface area contributed by atoms with Crippen LogP contribution >= 0.6 is 0 Å². The highest BCUT2D eigenvalue weighted by atomic mass is 19.1. The van der Waals surface area contributed by atoms with Crippen molar-refractivity contribution >= 4 is 11.7 Å². The number of ketones is 1. The van der Waals surface area contributed by atoms with Crippen LogP contribution in [0.2, 0.25) is 0 Å². The maximum Gasteiger partial charge on any atom is 0.274 e. The van der Waals surface area contributed by atoms with Gasteiger partial charge < -0.3 is 5.32 Å². The fraction of sp³-hybridized carbons (Fsp3) is 0.273. The number of Topliss-reactive ketones (excluding diaryl/α,β-unsaturated/α-hetero) is 1. The molecule has 8 heteroatoms.